The number of carbonyl (C=O) groups excluding carboxylic acids is 1. The van der Waals surface area contributed by atoms with Crippen LogP contribution in [-0.2, 0) is 9.59 Å². The maximum absolute atomic E-state index is 11.2. The fourth-order valence-corrected chi connectivity index (χ4v) is 1.33. The van der Waals surface area contributed by atoms with E-state index in [-0.39, 0.29) is 5.91 Å². The minimum Gasteiger partial charge on any atom is -0.477 e. The van der Waals surface area contributed by atoms with E-state index in [2.05, 4.69) is 11.9 Å². The first-order valence-electron chi connectivity index (χ1n) is 5.67. The Kier molecular flexibility index (Phi) is 5.88. The van der Waals surface area contributed by atoms with Gasteiger partial charge in [0.1, 0.15) is 0 Å². The molecule has 0 fully saturated rings. The summed E-state index contributed by atoms with van der Waals surface area (Å²) in [5.74, 6) is -0.956. The summed E-state index contributed by atoms with van der Waals surface area (Å²) in [6.07, 6.45) is 0.740. The largest absolute Gasteiger partial charge is 0.477 e. The molecule has 1 atom stereocenters. The van der Waals surface area contributed by atoms with Crippen LogP contribution < -0.4 is 5.32 Å². The SMILES string of the molecule is C=C(C)C(=O)NCCC[N+](C)(C)C(C)C(=O)O. The van der Waals surface area contributed by atoms with Crippen molar-refractivity contribution >= 4 is 11.9 Å². The lowest BCUT2D eigenvalue weighted by Crippen LogP contribution is -2.52. The molecule has 0 saturated heterocycles. The summed E-state index contributed by atoms with van der Waals surface area (Å²) in [6.45, 7) is 8.12. The molecule has 2 N–H and O–H groups in total. The first kappa shape index (κ1) is 15.6. The van der Waals surface area contributed by atoms with Gasteiger partial charge in [0.15, 0.2) is 6.04 Å². The van der Waals surface area contributed by atoms with Gasteiger partial charge in [0.05, 0.1) is 20.6 Å². The van der Waals surface area contributed by atoms with Crippen molar-refractivity contribution in [2.75, 3.05) is 27.2 Å². The third kappa shape index (κ3) is 5.49. The van der Waals surface area contributed by atoms with Gasteiger partial charge in [-0.15, -0.1) is 0 Å². The summed E-state index contributed by atoms with van der Waals surface area (Å²) in [4.78, 5) is 22.1. The smallest absolute Gasteiger partial charge is 0.362 e. The standard InChI is InChI=1S/C12H22N2O3/c1-9(2)11(15)13-7-6-8-14(4,5)10(3)12(16)17/h10H,1,6-8H2,2-5H3,(H-,13,15,16,17)/p+1. The van der Waals surface area contributed by atoms with E-state index in [0.29, 0.717) is 23.1 Å². The van der Waals surface area contributed by atoms with Gasteiger partial charge in [-0.2, -0.15) is 0 Å². The number of nitrogens with zero attached hydrogens (tertiary/aromatic N) is 1. The lowest BCUT2D eigenvalue weighted by Gasteiger charge is -2.33. The average Bonchev–Trinajstić information content (AvgIpc) is 2.22. The Labute approximate surface area is 103 Å². The normalized spacial score (nSPS) is 12.9. The first-order chi connectivity index (χ1) is 7.68. The van der Waals surface area contributed by atoms with Gasteiger partial charge >= 0.3 is 5.97 Å². The Morgan fingerprint density at radius 3 is 2.35 bits per heavy atom. The summed E-state index contributed by atoms with van der Waals surface area (Å²) in [5, 5.41) is 11.7. The Balaban J connectivity index is 4.00. The number of amides is 1. The topological polar surface area (TPSA) is 66.4 Å². The number of quaternary nitrogens is 1. The van der Waals surface area contributed by atoms with E-state index in [9.17, 15) is 9.59 Å². The summed E-state index contributed by atoms with van der Waals surface area (Å²) in [5.41, 5.74) is 0.484. The highest BCUT2D eigenvalue weighted by Crippen LogP contribution is 2.07. The van der Waals surface area contributed by atoms with E-state index in [4.69, 9.17) is 5.11 Å². The van der Waals surface area contributed by atoms with Crippen molar-refractivity contribution in [2.24, 2.45) is 0 Å². The summed E-state index contributed by atoms with van der Waals surface area (Å²) in [6, 6.07) is -0.452. The second-order valence-electron chi connectivity index (χ2n) is 4.91. The van der Waals surface area contributed by atoms with E-state index >= 15 is 0 Å². The molecule has 0 aliphatic carbocycles. The quantitative estimate of drug-likeness (QED) is 0.391. The molecule has 0 heterocycles. The molecule has 0 bridgehead atoms. The van der Waals surface area contributed by atoms with Gasteiger partial charge in [-0.05, 0) is 13.8 Å². The predicted octanol–water partition coefficient (Wildman–Crippen LogP) is 0.618. The van der Waals surface area contributed by atoms with Crippen LogP contribution >= 0.6 is 0 Å². The molecule has 0 spiro atoms. The predicted molar refractivity (Wildman–Crippen MR) is 66.5 cm³/mol. The monoisotopic (exact) mass is 243 g/mol. The lowest BCUT2D eigenvalue weighted by molar-refractivity contribution is -0.904. The van der Waals surface area contributed by atoms with Gasteiger partial charge in [-0.1, -0.05) is 6.58 Å². The number of carboxylic acid groups (broad SMARTS) is 1. The number of rotatable bonds is 7. The molecule has 17 heavy (non-hydrogen) atoms. The number of aliphatic carboxylic acids is 1. The molecule has 0 saturated carbocycles. The molecular weight excluding hydrogens is 220 g/mol. The molecule has 0 rings (SSSR count). The third-order valence-electron chi connectivity index (χ3n) is 2.99. The molecule has 1 amide bonds. The van der Waals surface area contributed by atoms with Crippen LogP contribution in [0.4, 0.5) is 0 Å². The van der Waals surface area contributed by atoms with Crippen LogP contribution in [-0.4, -0.2) is 54.7 Å². The van der Waals surface area contributed by atoms with Gasteiger partial charge in [0.25, 0.3) is 0 Å². The van der Waals surface area contributed by atoms with Crippen LogP contribution in [0.5, 0.6) is 0 Å². The molecule has 5 nitrogen and oxygen atoms in total. The molecule has 0 aromatic carbocycles. The maximum atomic E-state index is 11.2. The van der Waals surface area contributed by atoms with Crippen LogP contribution in [0.3, 0.4) is 0 Å². The highest BCUT2D eigenvalue weighted by atomic mass is 16.4. The second kappa shape index (κ2) is 6.39. The zero-order valence-corrected chi connectivity index (χ0v) is 11.1. The highest BCUT2D eigenvalue weighted by Gasteiger charge is 2.29. The third-order valence-corrected chi connectivity index (χ3v) is 2.99. The molecule has 98 valence electrons. The van der Waals surface area contributed by atoms with Crippen LogP contribution in [0, 0.1) is 0 Å². The molecule has 0 aliphatic heterocycles. The van der Waals surface area contributed by atoms with Crippen molar-refractivity contribution in [3.63, 3.8) is 0 Å². The Bertz CT molecular complexity index is 311. The van der Waals surface area contributed by atoms with Gasteiger partial charge in [0, 0.05) is 18.5 Å². The van der Waals surface area contributed by atoms with E-state index in [1.807, 2.05) is 14.1 Å². The van der Waals surface area contributed by atoms with Crippen LogP contribution in [0.15, 0.2) is 12.2 Å². The van der Waals surface area contributed by atoms with Crippen molar-refractivity contribution in [2.45, 2.75) is 26.3 Å². The summed E-state index contributed by atoms with van der Waals surface area (Å²) < 4.78 is 0.401. The Morgan fingerprint density at radius 2 is 1.94 bits per heavy atom. The number of carbonyl (C=O) groups is 2. The fraction of sp³-hybridized carbons (Fsp3) is 0.667. The fourth-order valence-electron chi connectivity index (χ4n) is 1.33. The van der Waals surface area contributed by atoms with Gasteiger partial charge < -0.3 is 14.9 Å². The molecule has 0 aromatic rings. The van der Waals surface area contributed by atoms with Crippen LogP contribution in [0.25, 0.3) is 0 Å². The summed E-state index contributed by atoms with van der Waals surface area (Å²) >= 11 is 0. The second-order valence-corrected chi connectivity index (χ2v) is 4.91. The Hall–Kier alpha value is -1.36. The van der Waals surface area contributed by atoms with Gasteiger partial charge in [-0.3, -0.25) is 4.79 Å². The van der Waals surface area contributed by atoms with Crippen molar-refractivity contribution in [3.05, 3.63) is 12.2 Å². The first-order valence-corrected chi connectivity index (χ1v) is 5.67. The number of carboxylic acids is 1. The maximum Gasteiger partial charge on any atom is 0.362 e. The van der Waals surface area contributed by atoms with E-state index in [0.717, 1.165) is 6.42 Å². The number of nitrogens with one attached hydrogen (secondary N) is 1. The number of hydrogen-bond acceptors (Lipinski definition) is 2. The molecule has 0 aliphatic rings. The average molecular weight is 243 g/mol. The van der Waals surface area contributed by atoms with Crippen molar-refractivity contribution in [1.82, 2.24) is 5.32 Å². The van der Waals surface area contributed by atoms with E-state index in [1.165, 1.54) is 0 Å². The van der Waals surface area contributed by atoms with E-state index in [1.54, 1.807) is 13.8 Å². The molecule has 5 heteroatoms. The van der Waals surface area contributed by atoms with Gasteiger partial charge in [-0.25, -0.2) is 4.79 Å². The molecule has 0 aromatic heterocycles. The van der Waals surface area contributed by atoms with Crippen molar-refractivity contribution < 1.29 is 19.2 Å². The Morgan fingerprint density at radius 1 is 1.41 bits per heavy atom. The van der Waals surface area contributed by atoms with Crippen molar-refractivity contribution in [3.8, 4) is 0 Å². The number of likely N-dealkylation sites (N-methyl/N-ethyl adjacent to an activating group) is 1. The van der Waals surface area contributed by atoms with Crippen LogP contribution in [0.2, 0.25) is 0 Å². The molecule has 0 radical (unpaired) electrons. The molecule has 1 unspecified atom stereocenters. The van der Waals surface area contributed by atoms with Gasteiger partial charge in [0.2, 0.25) is 5.91 Å². The zero-order chi connectivity index (χ0) is 13.6. The minimum atomic E-state index is -0.805. The van der Waals surface area contributed by atoms with Crippen molar-refractivity contribution in [1.29, 1.82) is 0 Å². The lowest BCUT2D eigenvalue weighted by atomic mass is 10.2. The van der Waals surface area contributed by atoms with Crippen LogP contribution in [0.1, 0.15) is 20.3 Å². The minimum absolute atomic E-state index is 0.151. The number of hydrogen-bond donors (Lipinski definition) is 2. The zero-order valence-electron chi connectivity index (χ0n) is 11.1. The highest BCUT2D eigenvalue weighted by molar-refractivity contribution is 5.91. The molecular formula is C12H23N2O3+. The summed E-state index contributed by atoms with van der Waals surface area (Å²) in [7, 11) is 3.75. The van der Waals surface area contributed by atoms with E-state index < -0.39 is 12.0 Å².